The van der Waals surface area contributed by atoms with Gasteiger partial charge in [0.1, 0.15) is 12.3 Å². The van der Waals surface area contributed by atoms with E-state index in [0.717, 1.165) is 5.56 Å². The first-order chi connectivity index (χ1) is 14.3. The van der Waals surface area contributed by atoms with Crippen LogP contribution in [-0.2, 0) is 4.79 Å². The summed E-state index contributed by atoms with van der Waals surface area (Å²) in [6.07, 6.45) is -4.52. The maximum absolute atomic E-state index is 12.7. The number of rotatable bonds is 6. The normalized spacial score (nSPS) is 11.2. The number of methoxy groups -OCH3 is 1. The molecule has 0 spiro atoms. The smallest absolute Gasteiger partial charge is 0.405 e. The third kappa shape index (κ3) is 5.25. The molecule has 0 aliphatic rings. The van der Waals surface area contributed by atoms with Crippen molar-refractivity contribution in [1.82, 2.24) is 15.6 Å². The van der Waals surface area contributed by atoms with E-state index in [0.29, 0.717) is 22.3 Å². The summed E-state index contributed by atoms with van der Waals surface area (Å²) in [7, 11) is 1.55. The van der Waals surface area contributed by atoms with Crippen molar-refractivity contribution in [1.29, 1.82) is 0 Å². The minimum Gasteiger partial charge on any atom is -0.497 e. The van der Waals surface area contributed by atoms with Gasteiger partial charge in [-0.25, -0.2) is 4.98 Å². The first-order valence-corrected chi connectivity index (χ1v) is 8.93. The standard InChI is InChI=1S/C21H18F3N3O3/c1-30-14-8-6-13(7-9-14)18-10-16(15-4-2-3-5-17(15)27-18)20(29)25-11-19(28)26-12-21(22,23)24/h2-10H,11-12H2,1H3,(H,25,29)(H,26,28). The van der Waals surface area contributed by atoms with Gasteiger partial charge in [0.15, 0.2) is 0 Å². The van der Waals surface area contributed by atoms with Crippen LogP contribution in [0.1, 0.15) is 10.4 Å². The van der Waals surface area contributed by atoms with Gasteiger partial charge in [-0.15, -0.1) is 0 Å². The molecule has 2 N–H and O–H groups in total. The molecule has 0 aliphatic carbocycles. The minimum atomic E-state index is -4.52. The van der Waals surface area contributed by atoms with Crippen LogP contribution >= 0.6 is 0 Å². The van der Waals surface area contributed by atoms with Gasteiger partial charge in [-0.2, -0.15) is 13.2 Å². The van der Waals surface area contributed by atoms with E-state index >= 15 is 0 Å². The van der Waals surface area contributed by atoms with Gasteiger partial charge < -0.3 is 15.4 Å². The van der Waals surface area contributed by atoms with Gasteiger partial charge in [-0.3, -0.25) is 9.59 Å². The number of hydrogen-bond donors (Lipinski definition) is 2. The number of hydrogen-bond acceptors (Lipinski definition) is 4. The summed E-state index contributed by atoms with van der Waals surface area (Å²) in [6, 6.07) is 15.7. The van der Waals surface area contributed by atoms with Crippen molar-refractivity contribution in [3.63, 3.8) is 0 Å². The zero-order valence-electron chi connectivity index (χ0n) is 15.9. The third-order valence-corrected chi connectivity index (χ3v) is 4.24. The number of nitrogens with zero attached hydrogens (tertiary/aromatic N) is 1. The molecule has 0 unspecified atom stereocenters. The number of ether oxygens (including phenoxy) is 1. The first-order valence-electron chi connectivity index (χ1n) is 8.93. The maximum atomic E-state index is 12.7. The van der Waals surface area contributed by atoms with Gasteiger partial charge in [0.25, 0.3) is 5.91 Å². The summed E-state index contributed by atoms with van der Waals surface area (Å²) in [4.78, 5) is 28.8. The SMILES string of the molecule is COc1ccc(-c2cc(C(=O)NCC(=O)NCC(F)(F)F)c3ccccc3n2)cc1. The quantitative estimate of drug-likeness (QED) is 0.645. The second-order valence-corrected chi connectivity index (χ2v) is 6.38. The highest BCUT2D eigenvalue weighted by Crippen LogP contribution is 2.26. The molecule has 0 aliphatic heterocycles. The highest BCUT2D eigenvalue weighted by molar-refractivity contribution is 6.08. The van der Waals surface area contributed by atoms with E-state index in [9.17, 15) is 22.8 Å². The van der Waals surface area contributed by atoms with E-state index in [-0.39, 0.29) is 5.56 Å². The zero-order chi connectivity index (χ0) is 21.7. The van der Waals surface area contributed by atoms with E-state index in [1.54, 1.807) is 67.0 Å². The van der Waals surface area contributed by atoms with Crippen molar-refractivity contribution in [2.45, 2.75) is 6.18 Å². The summed E-state index contributed by atoms with van der Waals surface area (Å²) in [5.41, 5.74) is 2.11. The van der Waals surface area contributed by atoms with Crippen molar-refractivity contribution >= 4 is 22.7 Å². The predicted octanol–water partition coefficient (Wildman–Crippen LogP) is 3.32. The van der Waals surface area contributed by atoms with Crippen LogP contribution in [-0.4, -0.2) is 43.2 Å². The van der Waals surface area contributed by atoms with Crippen molar-refractivity contribution < 1.29 is 27.5 Å². The molecule has 0 saturated carbocycles. The van der Waals surface area contributed by atoms with Gasteiger partial charge in [-0.05, 0) is 36.4 Å². The Morgan fingerprint density at radius 1 is 1.03 bits per heavy atom. The summed E-state index contributed by atoms with van der Waals surface area (Å²) < 4.78 is 41.7. The third-order valence-electron chi connectivity index (χ3n) is 4.24. The number of carbonyl (C=O) groups excluding carboxylic acids is 2. The zero-order valence-corrected chi connectivity index (χ0v) is 15.9. The molecule has 0 atom stereocenters. The van der Waals surface area contributed by atoms with E-state index < -0.39 is 31.1 Å². The largest absolute Gasteiger partial charge is 0.497 e. The highest BCUT2D eigenvalue weighted by Gasteiger charge is 2.27. The minimum absolute atomic E-state index is 0.259. The molecule has 0 radical (unpaired) electrons. The monoisotopic (exact) mass is 417 g/mol. The van der Waals surface area contributed by atoms with Gasteiger partial charge >= 0.3 is 6.18 Å². The fourth-order valence-corrected chi connectivity index (χ4v) is 2.79. The van der Waals surface area contributed by atoms with Crippen LogP contribution in [0.5, 0.6) is 5.75 Å². The van der Waals surface area contributed by atoms with Crippen LogP contribution in [0.4, 0.5) is 13.2 Å². The second-order valence-electron chi connectivity index (χ2n) is 6.38. The molecule has 2 amide bonds. The van der Waals surface area contributed by atoms with Gasteiger partial charge in [0.2, 0.25) is 5.91 Å². The number of aromatic nitrogens is 1. The molecular formula is C21H18F3N3O3. The molecule has 6 nitrogen and oxygen atoms in total. The lowest BCUT2D eigenvalue weighted by Crippen LogP contribution is -2.40. The Balaban J connectivity index is 1.84. The van der Waals surface area contributed by atoms with Crippen LogP contribution in [0, 0.1) is 0 Å². The molecule has 156 valence electrons. The number of benzene rings is 2. The molecule has 9 heteroatoms. The molecule has 0 bridgehead atoms. The molecular weight excluding hydrogens is 399 g/mol. The van der Waals surface area contributed by atoms with Crippen molar-refractivity contribution in [3.8, 4) is 17.0 Å². The van der Waals surface area contributed by atoms with Crippen LogP contribution in [0.25, 0.3) is 22.2 Å². The van der Waals surface area contributed by atoms with Gasteiger partial charge in [-0.1, -0.05) is 18.2 Å². The number of fused-ring (bicyclic) bond motifs is 1. The number of amides is 2. The number of para-hydroxylation sites is 1. The predicted molar refractivity (Wildman–Crippen MR) is 105 cm³/mol. The highest BCUT2D eigenvalue weighted by atomic mass is 19.4. The lowest BCUT2D eigenvalue weighted by Gasteiger charge is -2.12. The molecule has 0 fully saturated rings. The lowest BCUT2D eigenvalue weighted by atomic mass is 10.0. The Morgan fingerprint density at radius 2 is 1.73 bits per heavy atom. The average molecular weight is 417 g/mol. The summed E-state index contributed by atoms with van der Waals surface area (Å²) in [5.74, 6) is -0.859. The van der Waals surface area contributed by atoms with Crippen molar-refractivity contribution in [2.24, 2.45) is 0 Å². The maximum Gasteiger partial charge on any atom is 0.405 e. The van der Waals surface area contributed by atoms with E-state index in [2.05, 4.69) is 10.3 Å². The van der Waals surface area contributed by atoms with Crippen molar-refractivity contribution in [2.75, 3.05) is 20.2 Å². The van der Waals surface area contributed by atoms with Crippen LogP contribution in [0.15, 0.2) is 54.6 Å². The van der Waals surface area contributed by atoms with Gasteiger partial charge in [0, 0.05) is 10.9 Å². The molecule has 3 aromatic rings. The molecule has 0 saturated heterocycles. The Kier molecular flexibility index (Phi) is 6.20. The summed E-state index contributed by atoms with van der Waals surface area (Å²) in [5, 5.41) is 4.63. The van der Waals surface area contributed by atoms with E-state index in [4.69, 9.17) is 4.74 Å². The van der Waals surface area contributed by atoms with E-state index in [1.807, 2.05) is 0 Å². The molecule has 3 rings (SSSR count). The Bertz CT molecular complexity index is 1070. The van der Waals surface area contributed by atoms with Gasteiger partial charge in [0.05, 0.1) is 30.4 Å². The summed E-state index contributed by atoms with van der Waals surface area (Å²) in [6.45, 7) is -2.04. The van der Waals surface area contributed by atoms with Crippen LogP contribution < -0.4 is 15.4 Å². The lowest BCUT2D eigenvalue weighted by molar-refractivity contribution is -0.137. The molecule has 30 heavy (non-hydrogen) atoms. The number of carbonyl (C=O) groups is 2. The fraction of sp³-hybridized carbons (Fsp3) is 0.190. The Hall–Kier alpha value is -3.62. The van der Waals surface area contributed by atoms with Crippen molar-refractivity contribution in [3.05, 3.63) is 60.2 Å². The second kappa shape index (κ2) is 8.81. The molecule has 1 aromatic heterocycles. The average Bonchev–Trinajstić information content (AvgIpc) is 2.74. The van der Waals surface area contributed by atoms with Crippen LogP contribution in [0.3, 0.4) is 0 Å². The summed E-state index contributed by atoms with van der Waals surface area (Å²) >= 11 is 0. The molecule has 2 aromatic carbocycles. The topological polar surface area (TPSA) is 80.3 Å². The number of alkyl halides is 3. The number of pyridine rings is 1. The first kappa shape index (κ1) is 21.1. The molecule has 1 heterocycles. The number of halogens is 3. The Labute approximate surface area is 170 Å². The fourth-order valence-electron chi connectivity index (χ4n) is 2.79. The van der Waals surface area contributed by atoms with E-state index in [1.165, 1.54) is 0 Å². The Morgan fingerprint density at radius 3 is 2.40 bits per heavy atom. The number of nitrogens with one attached hydrogen (secondary N) is 2. The van der Waals surface area contributed by atoms with Crippen LogP contribution in [0.2, 0.25) is 0 Å².